The average Bonchev–Trinajstić information content (AvgIpc) is 2.26. The van der Waals surface area contributed by atoms with E-state index in [0.29, 0.717) is 24.7 Å². The van der Waals surface area contributed by atoms with Crippen molar-refractivity contribution in [1.29, 1.82) is 0 Å². The third kappa shape index (κ3) is 5.34. The molecule has 0 aromatic heterocycles. The predicted molar refractivity (Wildman–Crippen MR) is 70.0 cm³/mol. The number of carbonyl (C=O) groups excluding carboxylic acids is 2. The quantitative estimate of drug-likeness (QED) is 0.317. The molecule has 104 valence electrons. The van der Waals surface area contributed by atoms with Crippen molar-refractivity contribution >= 4 is 11.9 Å². The van der Waals surface area contributed by atoms with Crippen LogP contribution in [0.5, 0.6) is 0 Å². The normalized spacial score (nSPS) is 10.4. The van der Waals surface area contributed by atoms with Crippen molar-refractivity contribution in [1.82, 2.24) is 0 Å². The maximum atomic E-state index is 11.7. The molecule has 0 aromatic carbocycles. The second-order valence-corrected chi connectivity index (χ2v) is 5.16. The van der Waals surface area contributed by atoms with Crippen LogP contribution in [-0.2, 0) is 19.1 Å². The van der Waals surface area contributed by atoms with Crippen molar-refractivity contribution in [2.45, 2.75) is 40.5 Å². The van der Waals surface area contributed by atoms with Gasteiger partial charge in [0.25, 0.3) is 0 Å². The van der Waals surface area contributed by atoms with Gasteiger partial charge in [-0.3, -0.25) is 0 Å². The van der Waals surface area contributed by atoms with E-state index in [1.54, 1.807) is 0 Å². The number of hydrogen-bond donors (Lipinski definition) is 0. The molecule has 18 heavy (non-hydrogen) atoms. The van der Waals surface area contributed by atoms with Gasteiger partial charge in [0.15, 0.2) is 0 Å². The molecule has 0 fully saturated rings. The van der Waals surface area contributed by atoms with Gasteiger partial charge in [-0.2, -0.15) is 0 Å². The summed E-state index contributed by atoms with van der Waals surface area (Å²) in [6.07, 6.45) is 1.38. The Bertz CT molecular complexity index is 297. The molecule has 0 radical (unpaired) electrons. The fraction of sp³-hybridized carbons (Fsp3) is 0.714. The van der Waals surface area contributed by atoms with Crippen LogP contribution in [0.25, 0.3) is 0 Å². The van der Waals surface area contributed by atoms with Crippen LogP contribution in [0.4, 0.5) is 0 Å². The molecular weight excluding hydrogens is 232 g/mol. The van der Waals surface area contributed by atoms with Crippen molar-refractivity contribution in [2.75, 3.05) is 14.2 Å². The summed E-state index contributed by atoms with van der Waals surface area (Å²) in [5, 5.41) is 0. The maximum absolute atomic E-state index is 11.7. The second kappa shape index (κ2) is 7.90. The molecule has 0 aromatic rings. The van der Waals surface area contributed by atoms with Crippen LogP contribution in [0.2, 0.25) is 0 Å². The third-order valence-electron chi connectivity index (χ3n) is 2.44. The van der Waals surface area contributed by atoms with Gasteiger partial charge in [0.1, 0.15) is 5.57 Å². The van der Waals surface area contributed by atoms with Crippen LogP contribution in [0.15, 0.2) is 11.1 Å². The predicted octanol–water partition coefficient (Wildman–Crippen LogP) is 2.72. The van der Waals surface area contributed by atoms with Crippen LogP contribution in [0, 0.1) is 11.8 Å². The molecule has 0 aliphatic heterocycles. The van der Waals surface area contributed by atoms with Crippen molar-refractivity contribution < 1.29 is 19.1 Å². The van der Waals surface area contributed by atoms with Gasteiger partial charge in [0.05, 0.1) is 14.2 Å². The molecule has 0 bridgehead atoms. The Kier molecular flexibility index (Phi) is 7.32. The fourth-order valence-electron chi connectivity index (χ4n) is 1.85. The number of hydrogen-bond acceptors (Lipinski definition) is 4. The number of carbonyl (C=O) groups is 2. The highest BCUT2D eigenvalue weighted by Crippen LogP contribution is 2.24. The Morgan fingerprint density at radius 1 is 0.833 bits per heavy atom. The van der Waals surface area contributed by atoms with Crippen LogP contribution in [0.3, 0.4) is 0 Å². The summed E-state index contributed by atoms with van der Waals surface area (Å²) in [7, 11) is 2.54. The third-order valence-corrected chi connectivity index (χ3v) is 2.44. The van der Waals surface area contributed by atoms with Crippen molar-refractivity contribution in [3.63, 3.8) is 0 Å². The molecule has 0 N–H and O–H groups in total. The molecule has 4 heteroatoms. The Morgan fingerprint density at radius 3 is 1.39 bits per heavy atom. The van der Waals surface area contributed by atoms with E-state index in [0.717, 1.165) is 5.57 Å². The molecular formula is C14H24O4. The summed E-state index contributed by atoms with van der Waals surface area (Å²) in [5.41, 5.74) is 0.876. The first-order valence-corrected chi connectivity index (χ1v) is 6.22. The van der Waals surface area contributed by atoms with Gasteiger partial charge < -0.3 is 9.47 Å². The van der Waals surface area contributed by atoms with Crippen LogP contribution < -0.4 is 0 Å². The molecule has 0 heterocycles. The summed E-state index contributed by atoms with van der Waals surface area (Å²) in [5.74, 6) is -0.498. The monoisotopic (exact) mass is 256 g/mol. The Morgan fingerprint density at radius 2 is 1.17 bits per heavy atom. The minimum atomic E-state index is -0.613. The Hall–Kier alpha value is -1.32. The lowest BCUT2D eigenvalue weighted by atomic mass is 9.91. The lowest BCUT2D eigenvalue weighted by Gasteiger charge is -2.16. The molecule has 0 aliphatic rings. The summed E-state index contributed by atoms with van der Waals surface area (Å²) in [4.78, 5) is 23.5. The highest BCUT2D eigenvalue weighted by atomic mass is 16.5. The van der Waals surface area contributed by atoms with Crippen molar-refractivity contribution in [2.24, 2.45) is 11.8 Å². The van der Waals surface area contributed by atoms with Gasteiger partial charge >= 0.3 is 11.9 Å². The van der Waals surface area contributed by atoms with E-state index < -0.39 is 11.9 Å². The van der Waals surface area contributed by atoms with Crippen LogP contribution in [0.1, 0.15) is 40.5 Å². The van der Waals surface area contributed by atoms with Crippen LogP contribution >= 0.6 is 0 Å². The van der Waals surface area contributed by atoms with E-state index in [-0.39, 0.29) is 5.57 Å². The van der Waals surface area contributed by atoms with E-state index in [4.69, 9.17) is 0 Å². The highest BCUT2D eigenvalue weighted by Gasteiger charge is 2.25. The SMILES string of the molecule is COC(=O)C(C(=O)OC)=C(CC(C)C)CC(C)C. The van der Waals surface area contributed by atoms with E-state index in [1.165, 1.54) is 14.2 Å². The first kappa shape index (κ1) is 16.7. The second-order valence-electron chi connectivity index (χ2n) is 5.16. The average molecular weight is 256 g/mol. The smallest absolute Gasteiger partial charge is 0.345 e. The Balaban J connectivity index is 5.50. The zero-order chi connectivity index (χ0) is 14.3. The first-order chi connectivity index (χ1) is 8.33. The largest absolute Gasteiger partial charge is 0.465 e. The van der Waals surface area contributed by atoms with Gasteiger partial charge in [0, 0.05) is 0 Å². The molecule has 0 rings (SSSR count). The fourth-order valence-corrected chi connectivity index (χ4v) is 1.85. The minimum Gasteiger partial charge on any atom is -0.465 e. The van der Waals surface area contributed by atoms with E-state index in [9.17, 15) is 9.59 Å². The minimum absolute atomic E-state index is 0.0578. The van der Waals surface area contributed by atoms with Gasteiger partial charge in [-0.25, -0.2) is 9.59 Å². The number of rotatable bonds is 6. The summed E-state index contributed by atoms with van der Waals surface area (Å²) in [6.45, 7) is 8.19. The maximum Gasteiger partial charge on any atom is 0.345 e. The molecule has 0 atom stereocenters. The van der Waals surface area contributed by atoms with E-state index in [2.05, 4.69) is 9.47 Å². The van der Waals surface area contributed by atoms with Crippen molar-refractivity contribution in [3.05, 3.63) is 11.1 Å². The lowest BCUT2D eigenvalue weighted by Crippen LogP contribution is -2.19. The topological polar surface area (TPSA) is 52.6 Å². The zero-order valence-corrected chi connectivity index (χ0v) is 12.2. The van der Waals surface area contributed by atoms with Crippen molar-refractivity contribution in [3.8, 4) is 0 Å². The summed E-state index contributed by atoms with van der Waals surface area (Å²) in [6, 6.07) is 0. The number of allylic oxidation sites excluding steroid dienone is 1. The molecule has 0 amide bonds. The molecule has 0 unspecified atom stereocenters. The zero-order valence-electron chi connectivity index (χ0n) is 12.2. The molecule has 0 saturated heterocycles. The standard InChI is InChI=1S/C14H24O4/c1-9(2)7-11(8-10(3)4)12(13(15)17-5)14(16)18-6/h9-10H,7-8H2,1-6H3. The lowest BCUT2D eigenvalue weighted by molar-refractivity contribution is -0.144. The van der Waals surface area contributed by atoms with Gasteiger partial charge in [-0.1, -0.05) is 27.7 Å². The number of ether oxygens (including phenoxy) is 2. The van der Waals surface area contributed by atoms with Gasteiger partial charge in [-0.05, 0) is 30.3 Å². The van der Waals surface area contributed by atoms with E-state index >= 15 is 0 Å². The Labute approximate surface area is 109 Å². The van der Waals surface area contributed by atoms with E-state index in [1.807, 2.05) is 27.7 Å². The van der Waals surface area contributed by atoms with Crippen LogP contribution in [-0.4, -0.2) is 26.2 Å². The number of methoxy groups -OCH3 is 2. The highest BCUT2D eigenvalue weighted by molar-refractivity contribution is 6.14. The molecule has 4 nitrogen and oxygen atoms in total. The summed E-state index contributed by atoms with van der Waals surface area (Å²) >= 11 is 0. The van der Waals surface area contributed by atoms with Gasteiger partial charge in [-0.15, -0.1) is 0 Å². The number of esters is 2. The molecule has 0 saturated carbocycles. The first-order valence-electron chi connectivity index (χ1n) is 6.22. The van der Waals surface area contributed by atoms with Gasteiger partial charge in [0.2, 0.25) is 0 Å². The molecule has 0 spiro atoms. The summed E-state index contributed by atoms with van der Waals surface area (Å²) < 4.78 is 9.36. The molecule has 0 aliphatic carbocycles.